The van der Waals surface area contributed by atoms with Crippen LogP contribution in [-0.4, -0.2) is 6.21 Å². The average Bonchev–Trinajstić information content (AvgIpc) is 2.37. The maximum atomic E-state index is 12.5. The molecule has 0 aliphatic rings. The van der Waals surface area contributed by atoms with Gasteiger partial charge in [0.2, 0.25) is 0 Å². The van der Waals surface area contributed by atoms with E-state index in [4.69, 9.17) is 28.0 Å². The SMILES string of the molecule is FC(F)(F)c1cccc(O/N=C/c2cc(Cl)cc(Cl)c2)c1. The van der Waals surface area contributed by atoms with Crippen molar-refractivity contribution >= 4 is 29.4 Å². The van der Waals surface area contributed by atoms with Crippen LogP contribution in [0, 0.1) is 0 Å². The Morgan fingerprint density at radius 3 is 2.29 bits per heavy atom. The molecule has 0 heterocycles. The molecule has 7 heteroatoms. The Hall–Kier alpha value is -1.72. The van der Waals surface area contributed by atoms with Gasteiger partial charge in [-0.1, -0.05) is 34.4 Å². The summed E-state index contributed by atoms with van der Waals surface area (Å²) in [5, 5.41) is 4.45. The summed E-state index contributed by atoms with van der Waals surface area (Å²) in [6.07, 6.45) is -3.12. The molecule has 0 spiro atoms. The second-order valence-electron chi connectivity index (χ2n) is 4.05. The molecule has 2 nitrogen and oxygen atoms in total. The number of halogens is 5. The Morgan fingerprint density at radius 1 is 1.00 bits per heavy atom. The summed E-state index contributed by atoms with van der Waals surface area (Å²) in [4.78, 5) is 4.91. The second-order valence-corrected chi connectivity index (χ2v) is 4.93. The molecular weight excluding hydrogens is 326 g/mol. The molecule has 0 aromatic heterocycles. The van der Waals surface area contributed by atoms with Crippen LogP contribution in [0.15, 0.2) is 47.6 Å². The van der Waals surface area contributed by atoms with E-state index in [9.17, 15) is 13.2 Å². The van der Waals surface area contributed by atoms with E-state index in [1.807, 2.05) is 0 Å². The molecule has 21 heavy (non-hydrogen) atoms. The first-order valence-corrected chi connectivity index (χ1v) is 6.44. The first kappa shape index (κ1) is 15.7. The first-order chi connectivity index (χ1) is 9.84. The number of oxime groups is 1. The predicted octanol–water partition coefficient (Wildman–Crippen LogP) is 5.43. The molecule has 2 aromatic rings. The highest BCUT2D eigenvalue weighted by Gasteiger charge is 2.30. The molecule has 0 aliphatic heterocycles. The van der Waals surface area contributed by atoms with Gasteiger partial charge >= 0.3 is 6.18 Å². The van der Waals surface area contributed by atoms with E-state index in [-0.39, 0.29) is 5.75 Å². The molecule has 2 aromatic carbocycles. The number of nitrogens with zero attached hydrogens (tertiary/aromatic N) is 1. The number of rotatable bonds is 3. The molecule has 0 N–H and O–H groups in total. The van der Waals surface area contributed by atoms with Crippen LogP contribution in [0.4, 0.5) is 13.2 Å². The smallest absolute Gasteiger partial charge is 0.357 e. The van der Waals surface area contributed by atoms with Crippen molar-refractivity contribution in [1.29, 1.82) is 0 Å². The molecule has 0 amide bonds. The summed E-state index contributed by atoms with van der Waals surface area (Å²) >= 11 is 11.6. The number of hydrogen-bond donors (Lipinski definition) is 0. The average molecular weight is 334 g/mol. The summed E-state index contributed by atoms with van der Waals surface area (Å²) in [6.45, 7) is 0. The highest BCUT2D eigenvalue weighted by Crippen LogP contribution is 2.31. The molecule has 0 saturated heterocycles. The van der Waals surface area contributed by atoms with Crippen molar-refractivity contribution in [1.82, 2.24) is 0 Å². The van der Waals surface area contributed by atoms with Crippen LogP contribution in [0.3, 0.4) is 0 Å². The van der Waals surface area contributed by atoms with Crippen molar-refractivity contribution in [2.45, 2.75) is 6.18 Å². The molecule has 0 aliphatic carbocycles. The standard InChI is InChI=1S/C14H8Cl2F3NO/c15-11-4-9(5-12(16)7-11)8-20-21-13-3-1-2-10(6-13)14(17,18)19/h1-8H/b20-8+. The van der Waals surface area contributed by atoms with Gasteiger partial charge in [-0.05, 0) is 42.0 Å². The Kier molecular flexibility index (Phi) is 4.75. The van der Waals surface area contributed by atoms with Crippen molar-refractivity contribution in [2.75, 3.05) is 0 Å². The highest BCUT2D eigenvalue weighted by molar-refractivity contribution is 6.35. The second kappa shape index (κ2) is 6.37. The van der Waals surface area contributed by atoms with Gasteiger partial charge in [-0.3, -0.25) is 0 Å². The van der Waals surface area contributed by atoms with Gasteiger partial charge in [-0.25, -0.2) is 0 Å². The van der Waals surface area contributed by atoms with Crippen LogP contribution >= 0.6 is 23.2 Å². The van der Waals surface area contributed by atoms with Gasteiger partial charge in [0, 0.05) is 10.0 Å². The molecule has 0 saturated carbocycles. The van der Waals surface area contributed by atoms with E-state index in [1.165, 1.54) is 18.3 Å². The van der Waals surface area contributed by atoms with E-state index in [0.29, 0.717) is 15.6 Å². The summed E-state index contributed by atoms with van der Waals surface area (Å²) in [5.41, 5.74) is -0.236. The lowest BCUT2D eigenvalue weighted by Gasteiger charge is -2.07. The molecule has 2 rings (SSSR count). The van der Waals surface area contributed by atoms with Crippen molar-refractivity contribution in [3.05, 3.63) is 63.6 Å². The zero-order valence-corrected chi connectivity index (χ0v) is 11.9. The first-order valence-electron chi connectivity index (χ1n) is 5.68. The minimum atomic E-state index is -4.43. The maximum Gasteiger partial charge on any atom is 0.416 e. The van der Waals surface area contributed by atoms with Gasteiger partial charge in [0.1, 0.15) is 0 Å². The molecule has 0 bridgehead atoms. The molecule has 0 fully saturated rings. The fourth-order valence-corrected chi connectivity index (χ4v) is 2.07. The van der Waals surface area contributed by atoms with Crippen LogP contribution < -0.4 is 4.84 Å². The fourth-order valence-electron chi connectivity index (χ4n) is 1.53. The van der Waals surface area contributed by atoms with Gasteiger partial charge in [0.25, 0.3) is 0 Å². The van der Waals surface area contributed by atoms with Gasteiger partial charge in [0.15, 0.2) is 5.75 Å². The number of hydrogen-bond acceptors (Lipinski definition) is 2. The maximum absolute atomic E-state index is 12.5. The van der Waals surface area contributed by atoms with E-state index in [0.717, 1.165) is 12.1 Å². The Bertz CT molecular complexity index is 651. The van der Waals surface area contributed by atoms with E-state index >= 15 is 0 Å². The molecule has 110 valence electrons. The monoisotopic (exact) mass is 333 g/mol. The van der Waals surface area contributed by atoms with Crippen molar-refractivity contribution in [3.63, 3.8) is 0 Å². The summed E-state index contributed by atoms with van der Waals surface area (Å²) < 4.78 is 37.6. The molecule has 0 atom stereocenters. The van der Waals surface area contributed by atoms with E-state index < -0.39 is 11.7 Å². The zero-order valence-electron chi connectivity index (χ0n) is 10.4. The van der Waals surface area contributed by atoms with Gasteiger partial charge in [0.05, 0.1) is 11.8 Å². The van der Waals surface area contributed by atoms with Crippen LogP contribution in [0.25, 0.3) is 0 Å². The quantitative estimate of drug-likeness (QED) is 0.542. The van der Waals surface area contributed by atoms with Crippen LogP contribution in [0.2, 0.25) is 10.0 Å². The number of benzene rings is 2. The van der Waals surface area contributed by atoms with Gasteiger partial charge in [-0.15, -0.1) is 0 Å². The van der Waals surface area contributed by atoms with Gasteiger partial charge in [-0.2, -0.15) is 13.2 Å². The minimum Gasteiger partial charge on any atom is -0.357 e. The highest BCUT2D eigenvalue weighted by atomic mass is 35.5. The van der Waals surface area contributed by atoms with Crippen molar-refractivity contribution < 1.29 is 18.0 Å². The summed E-state index contributed by atoms with van der Waals surface area (Å²) in [5.74, 6) is -0.0193. The van der Waals surface area contributed by atoms with Crippen LogP contribution in [0.5, 0.6) is 5.75 Å². The predicted molar refractivity (Wildman–Crippen MR) is 76.1 cm³/mol. The van der Waals surface area contributed by atoms with E-state index in [2.05, 4.69) is 5.16 Å². The Morgan fingerprint density at radius 2 is 1.67 bits per heavy atom. The molecule has 0 radical (unpaired) electrons. The fraction of sp³-hybridized carbons (Fsp3) is 0.0714. The van der Waals surface area contributed by atoms with Gasteiger partial charge < -0.3 is 4.84 Å². The van der Waals surface area contributed by atoms with Crippen LogP contribution in [0.1, 0.15) is 11.1 Å². The normalized spacial score (nSPS) is 11.9. The third-order valence-electron chi connectivity index (χ3n) is 2.41. The van der Waals surface area contributed by atoms with Crippen molar-refractivity contribution in [2.24, 2.45) is 5.16 Å². The minimum absolute atomic E-state index is 0.0193. The third-order valence-corrected chi connectivity index (χ3v) is 2.84. The lowest BCUT2D eigenvalue weighted by Crippen LogP contribution is -2.04. The largest absolute Gasteiger partial charge is 0.416 e. The number of alkyl halides is 3. The third kappa shape index (κ3) is 4.65. The Balaban J connectivity index is 2.11. The topological polar surface area (TPSA) is 21.6 Å². The molecular formula is C14H8Cl2F3NO. The van der Waals surface area contributed by atoms with E-state index in [1.54, 1.807) is 18.2 Å². The zero-order chi connectivity index (χ0) is 15.5. The lowest BCUT2D eigenvalue weighted by molar-refractivity contribution is -0.137. The van der Waals surface area contributed by atoms with Crippen molar-refractivity contribution in [3.8, 4) is 5.75 Å². The Labute approximate surface area is 128 Å². The molecule has 0 unspecified atom stereocenters. The lowest BCUT2D eigenvalue weighted by atomic mass is 10.2. The summed E-state index contributed by atoms with van der Waals surface area (Å²) in [6, 6.07) is 9.16. The summed E-state index contributed by atoms with van der Waals surface area (Å²) in [7, 11) is 0. The van der Waals surface area contributed by atoms with Crippen LogP contribution in [-0.2, 0) is 6.18 Å².